The fourth-order valence-corrected chi connectivity index (χ4v) is 5.94. The van der Waals surface area contributed by atoms with Gasteiger partial charge in [0.1, 0.15) is 11.9 Å². The highest BCUT2D eigenvalue weighted by Gasteiger charge is 2.38. The number of unbranched alkanes of at least 4 members (excludes halogenated alkanes) is 1. The molecular weight excluding hydrogens is 507 g/mol. The van der Waals surface area contributed by atoms with Crippen LogP contribution in [0, 0.1) is 5.82 Å². The second-order valence-electron chi connectivity index (χ2n) is 10.2. The zero-order valence-corrected chi connectivity index (χ0v) is 22.9. The predicted octanol–water partition coefficient (Wildman–Crippen LogP) is 2.69. The molecular formula is C28H37FN4O4S. The third-order valence-corrected chi connectivity index (χ3v) is 8.82. The Kier molecular flexibility index (Phi) is 9.17. The van der Waals surface area contributed by atoms with E-state index in [0.29, 0.717) is 37.0 Å². The molecule has 2 amide bonds. The minimum absolute atomic E-state index is 0.142. The van der Waals surface area contributed by atoms with Crippen LogP contribution in [0.3, 0.4) is 0 Å². The number of hydrogen-bond donors (Lipinski definition) is 1. The molecule has 0 radical (unpaired) electrons. The Morgan fingerprint density at radius 1 is 1.03 bits per heavy atom. The van der Waals surface area contributed by atoms with Gasteiger partial charge in [0.2, 0.25) is 15.9 Å². The lowest BCUT2D eigenvalue weighted by Gasteiger charge is -2.37. The molecule has 2 fully saturated rings. The first-order valence-corrected chi connectivity index (χ1v) is 15.0. The number of carbonyl (C=O) groups excluding carboxylic acids is 2. The van der Waals surface area contributed by atoms with Gasteiger partial charge in [-0.25, -0.2) is 12.8 Å². The van der Waals surface area contributed by atoms with Gasteiger partial charge >= 0.3 is 0 Å². The molecule has 2 aliphatic rings. The van der Waals surface area contributed by atoms with E-state index in [1.54, 1.807) is 36.2 Å². The van der Waals surface area contributed by atoms with Crippen LogP contribution in [0.4, 0.5) is 4.39 Å². The van der Waals surface area contributed by atoms with Crippen LogP contribution in [0.5, 0.6) is 0 Å². The summed E-state index contributed by atoms with van der Waals surface area (Å²) in [6.45, 7) is 1.93. The largest absolute Gasteiger partial charge is 0.338 e. The van der Waals surface area contributed by atoms with Crippen molar-refractivity contribution in [1.29, 1.82) is 0 Å². The summed E-state index contributed by atoms with van der Waals surface area (Å²) in [4.78, 5) is 29.9. The van der Waals surface area contributed by atoms with E-state index in [9.17, 15) is 22.4 Å². The van der Waals surface area contributed by atoms with Gasteiger partial charge in [0.25, 0.3) is 5.91 Å². The van der Waals surface area contributed by atoms with Gasteiger partial charge in [-0.2, -0.15) is 4.31 Å². The van der Waals surface area contributed by atoms with Crippen molar-refractivity contribution >= 4 is 21.8 Å². The molecule has 206 valence electrons. The molecule has 1 saturated heterocycles. The zero-order chi connectivity index (χ0) is 27.3. The van der Waals surface area contributed by atoms with E-state index in [1.165, 1.54) is 27.6 Å². The third kappa shape index (κ3) is 7.18. The number of nitrogens with zero attached hydrogens (tertiary/aromatic N) is 3. The van der Waals surface area contributed by atoms with Crippen LogP contribution in [0.15, 0.2) is 54.6 Å². The maximum absolute atomic E-state index is 13.6. The fourth-order valence-electron chi connectivity index (χ4n) is 5.11. The lowest BCUT2D eigenvalue weighted by Crippen LogP contribution is -2.56. The number of rotatable bonds is 11. The van der Waals surface area contributed by atoms with Crippen LogP contribution in [0.2, 0.25) is 0 Å². The van der Waals surface area contributed by atoms with E-state index in [4.69, 9.17) is 0 Å². The van der Waals surface area contributed by atoms with Crippen LogP contribution in [-0.2, 0) is 14.8 Å². The van der Waals surface area contributed by atoms with Gasteiger partial charge in [-0.1, -0.05) is 30.3 Å². The molecule has 10 heteroatoms. The lowest BCUT2D eigenvalue weighted by molar-refractivity contribution is -0.137. The first-order valence-electron chi connectivity index (χ1n) is 13.2. The Hall–Kier alpha value is -2.82. The summed E-state index contributed by atoms with van der Waals surface area (Å²) in [5.74, 6) is -0.172. The molecule has 4 rings (SSSR count). The van der Waals surface area contributed by atoms with Crippen molar-refractivity contribution in [1.82, 2.24) is 19.4 Å². The molecule has 0 spiro atoms. The van der Waals surface area contributed by atoms with Gasteiger partial charge in [0.05, 0.1) is 6.26 Å². The van der Waals surface area contributed by atoms with Gasteiger partial charge in [-0.15, -0.1) is 0 Å². The summed E-state index contributed by atoms with van der Waals surface area (Å²) in [6.07, 6.45) is 4.34. The quantitative estimate of drug-likeness (QED) is 0.440. The van der Waals surface area contributed by atoms with Crippen molar-refractivity contribution < 1.29 is 22.4 Å². The molecule has 3 atom stereocenters. The Labute approximate surface area is 224 Å². The van der Waals surface area contributed by atoms with Crippen molar-refractivity contribution in [2.75, 3.05) is 46.0 Å². The zero-order valence-electron chi connectivity index (χ0n) is 22.1. The monoisotopic (exact) mass is 544 g/mol. The Balaban J connectivity index is 1.31. The van der Waals surface area contributed by atoms with Crippen LogP contribution < -0.4 is 5.32 Å². The second-order valence-corrected chi connectivity index (χ2v) is 12.2. The number of likely N-dealkylation sites (N-methyl/N-ethyl adjacent to an activating group) is 1. The van der Waals surface area contributed by atoms with Crippen molar-refractivity contribution in [2.24, 2.45) is 0 Å². The molecule has 2 aromatic carbocycles. The summed E-state index contributed by atoms with van der Waals surface area (Å²) >= 11 is 0. The number of hydrogen-bond acceptors (Lipinski definition) is 5. The molecule has 0 bridgehead atoms. The Morgan fingerprint density at radius 2 is 1.68 bits per heavy atom. The number of carbonyl (C=O) groups is 2. The number of nitrogens with one attached hydrogen (secondary N) is 1. The number of piperazine rings is 1. The molecule has 1 N–H and O–H groups in total. The maximum atomic E-state index is 13.6. The van der Waals surface area contributed by atoms with Crippen molar-refractivity contribution in [3.63, 3.8) is 0 Å². The van der Waals surface area contributed by atoms with Crippen molar-refractivity contribution in [3.8, 4) is 0 Å². The first kappa shape index (κ1) is 28.2. The second kappa shape index (κ2) is 12.4. The van der Waals surface area contributed by atoms with E-state index >= 15 is 0 Å². The Bertz CT molecular complexity index is 1200. The van der Waals surface area contributed by atoms with Crippen molar-refractivity contribution in [2.45, 2.75) is 43.7 Å². The molecule has 2 aromatic rings. The van der Waals surface area contributed by atoms with E-state index in [-0.39, 0.29) is 30.7 Å². The van der Waals surface area contributed by atoms with Gasteiger partial charge < -0.3 is 15.1 Å². The van der Waals surface area contributed by atoms with Crippen molar-refractivity contribution in [3.05, 3.63) is 71.5 Å². The highest BCUT2D eigenvalue weighted by atomic mass is 32.2. The van der Waals surface area contributed by atoms with Gasteiger partial charge in [0, 0.05) is 50.7 Å². The molecule has 38 heavy (non-hydrogen) atoms. The van der Waals surface area contributed by atoms with E-state index in [1.807, 2.05) is 18.2 Å². The number of halogens is 1. The van der Waals surface area contributed by atoms with E-state index < -0.39 is 16.1 Å². The molecule has 1 aliphatic carbocycles. The summed E-state index contributed by atoms with van der Waals surface area (Å²) in [6, 6.07) is 15.3. The minimum atomic E-state index is -3.30. The highest BCUT2D eigenvalue weighted by Crippen LogP contribution is 2.40. The lowest BCUT2D eigenvalue weighted by atomic mass is 10.0. The summed E-state index contributed by atoms with van der Waals surface area (Å²) < 4.78 is 38.3. The third-order valence-electron chi connectivity index (χ3n) is 7.51. The van der Waals surface area contributed by atoms with E-state index in [2.05, 4.69) is 5.32 Å². The first-order chi connectivity index (χ1) is 18.1. The molecule has 1 aliphatic heterocycles. The molecule has 3 unspecified atom stereocenters. The highest BCUT2D eigenvalue weighted by molar-refractivity contribution is 7.88. The molecule has 1 heterocycles. The molecule has 8 nitrogen and oxygen atoms in total. The van der Waals surface area contributed by atoms with Crippen LogP contribution in [0.25, 0.3) is 0 Å². The maximum Gasteiger partial charge on any atom is 0.254 e. The van der Waals surface area contributed by atoms with Crippen LogP contribution in [-0.4, -0.2) is 92.4 Å². The summed E-state index contributed by atoms with van der Waals surface area (Å²) in [5.41, 5.74) is 1.67. The summed E-state index contributed by atoms with van der Waals surface area (Å²) in [5, 5.41) is 3.55. The average Bonchev–Trinajstić information content (AvgIpc) is 3.69. The topological polar surface area (TPSA) is 90.0 Å². The van der Waals surface area contributed by atoms with Gasteiger partial charge in [0.15, 0.2) is 0 Å². The van der Waals surface area contributed by atoms with Crippen LogP contribution >= 0.6 is 0 Å². The smallest absolute Gasteiger partial charge is 0.254 e. The van der Waals surface area contributed by atoms with Crippen LogP contribution in [0.1, 0.15) is 47.5 Å². The summed E-state index contributed by atoms with van der Waals surface area (Å²) in [7, 11) is -1.63. The predicted molar refractivity (Wildman–Crippen MR) is 145 cm³/mol. The Morgan fingerprint density at radius 3 is 2.32 bits per heavy atom. The number of amides is 2. The normalized spacial score (nSPS) is 20.7. The van der Waals surface area contributed by atoms with Gasteiger partial charge in [-0.3, -0.25) is 9.59 Å². The number of benzene rings is 2. The SMILES string of the molecule is CN(C(=O)c1ccccc1)C(CCCCNC1CC1c1ccc(F)cc1)C(=O)N1CCN(S(C)(=O)=O)CC1. The molecule has 1 saturated carbocycles. The number of sulfonamides is 1. The van der Waals surface area contributed by atoms with E-state index in [0.717, 1.165) is 31.4 Å². The van der Waals surface area contributed by atoms with Gasteiger partial charge in [-0.05, 0) is 62.1 Å². The fraction of sp³-hybridized carbons (Fsp3) is 0.500. The molecule has 0 aromatic heterocycles. The average molecular weight is 545 g/mol. The standard InChI is InChI=1S/C28H37FN4O4S/c1-31(27(34)22-8-4-3-5-9-22)26(28(35)32-16-18-33(19-17-32)38(2,36)37)10-6-7-15-30-25-20-24(25)21-11-13-23(29)14-12-21/h3-5,8-9,11-14,24-26,30H,6-7,10,15-20H2,1-2H3. The minimum Gasteiger partial charge on any atom is -0.338 e.